The molecule has 0 rings (SSSR count). The Bertz CT molecular complexity index is 155. The van der Waals surface area contributed by atoms with E-state index < -0.39 is 17.0 Å². The first-order valence-electron chi connectivity index (χ1n) is 2.01. The molecule has 0 saturated carbocycles. The van der Waals surface area contributed by atoms with Gasteiger partial charge in [-0.1, -0.05) is 0 Å². The van der Waals surface area contributed by atoms with E-state index in [-0.39, 0.29) is 29.6 Å². The van der Waals surface area contributed by atoms with E-state index >= 15 is 0 Å². The molecule has 0 N–H and O–H groups in total. The summed E-state index contributed by atoms with van der Waals surface area (Å²) in [5, 5.41) is 0.714. The Morgan fingerprint density at radius 3 is 2.50 bits per heavy atom. The van der Waals surface area contributed by atoms with E-state index in [2.05, 4.69) is 4.74 Å². The fourth-order valence-corrected chi connectivity index (χ4v) is 0.401. The van der Waals surface area contributed by atoms with Crippen molar-refractivity contribution in [3.05, 3.63) is 11.5 Å². The Kier molecular flexibility index (Phi) is 9.62. The van der Waals surface area contributed by atoms with Crippen LogP contribution in [0, 0.1) is 0 Å². The third-order valence-corrected chi connectivity index (χ3v) is 0.875. The number of hydrogen-bond acceptors (Lipinski definition) is 4. The molecule has 0 aromatic carbocycles. The maximum atomic E-state index is 10.1. The van der Waals surface area contributed by atoms with Crippen molar-refractivity contribution < 1.29 is 47.9 Å². The van der Waals surface area contributed by atoms with Gasteiger partial charge < -0.3 is 9.29 Å². The minimum absolute atomic E-state index is 0. The monoisotopic (exact) mass is 172 g/mol. The third kappa shape index (κ3) is 8.32. The zero-order chi connectivity index (χ0) is 7.28. The van der Waals surface area contributed by atoms with Crippen LogP contribution < -0.4 is 29.6 Å². The van der Waals surface area contributed by atoms with E-state index in [4.69, 9.17) is 0 Å². The Labute approximate surface area is 83.2 Å². The summed E-state index contributed by atoms with van der Waals surface area (Å²) in [7, 11) is 1.17. The molecule has 0 bridgehead atoms. The molecule has 4 nitrogen and oxygen atoms in total. The van der Waals surface area contributed by atoms with Gasteiger partial charge >= 0.3 is 35.5 Å². The molecule has 52 valence electrons. The van der Waals surface area contributed by atoms with Crippen molar-refractivity contribution in [2.75, 3.05) is 7.11 Å². The molecule has 0 aliphatic carbocycles. The quantitative estimate of drug-likeness (QED) is 0.188. The van der Waals surface area contributed by atoms with E-state index in [1.807, 2.05) is 0 Å². The molecule has 0 spiro atoms. The third-order valence-electron chi connectivity index (χ3n) is 0.516. The molecule has 0 aromatic heterocycles. The van der Waals surface area contributed by atoms with Gasteiger partial charge in [0, 0.05) is 6.08 Å². The Balaban J connectivity index is 0. The molecular formula is C4H5NaO4S. The summed E-state index contributed by atoms with van der Waals surface area (Å²) in [6, 6.07) is 0. The van der Waals surface area contributed by atoms with E-state index in [0.29, 0.717) is 5.41 Å². The number of esters is 1. The second-order valence-electron chi connectivity index (χ2n) is 1.09. The van der Waals surface area contributed by atoms with Crippen LogP contribution in [-0.4, -0.2) is 21.8 Å². The fourth-order valence-electron chi connectivity index (χ4n) is 0.179. The summed E-state index contributed by atoms with van der Waals surface area (Å²) in [6.45, 7) is 0. The summed E-state index contributed by atoms with van der Waals surface area (Å²) < 4.78 is 23.6. The van der Waals surface area contributed by atoms with Gasteiger partial charge in [-0.05, 0) is 16.5 Å². The number of hydrogen-bond donors (Lipinski definition) is 0. The molecular weight excluding hydrogens is 167 g/mol. The molecule has 0 radical (unpaired) electrons. The van der Waals surface area contributed by atoms with Crippen LogP contribution in [0.4, 0.5) is 0 Å². The summed E-state index contributed by atoms with van der Waals surface area (Å²) in [4.78, 5) is 10.1. The van der Waals surface area contributed by atoms with E-state index in [0.717, 1.165) is 6.08 Å². The molecule has 0 saturated heterocycles. The molecule has 0 aromatic rings. The smallest absolute Gasteiger partial charge is 0.769 e. The van der Waals surface area contributed by atoms with Gasteiger partial charge in [-0.15, -0.1) is 0 Å². The van der Waals surface area contributed by atoms with Gasteiger partial charge in [0.25, 0.3) is 0 Å². The van der Waals surface area contributed by atoms with Gasteiger partial charge in [0.15, 0.2) is 0 Å². The predicted octanol–water partition coefficient (Wildman–Crippen LogP) is -3.44. The predicted molar refractivity (Wildman–Crippen MR) is 30.1 cm³/mol. The SMILES string of the molecule is COC(=O)/C=C/S(=O)[O-].[Na+]. The van der Waals surface area contributed by atoms with Crippen molar-refractivity contribution in [3.63, 3.8) is 0 Å². The van der Waals surface area contributed by atoms with E-state index in [1.165, 1.54) is 7.11 Å². The second-order valence-corrected chi connectivity index (χ2v) is 1.88. The zero-order valence-electron chi connectivity index (χ0n) is 5.70. The molecule has 0 amide bonds. The van der Waals surface area contributed by atoms with Crippen molar-refractivity contribution >= 4 is 17.0 Å². The van der Waals surface area contributed by atoms with E-state index in [1.54, 1.807) is 0 Å². The van der Waals surface area contributed by atoms with Gasteiger partial charge in [0.2, 0.25) is 0 Å². The van der Waals surface area contributed by atoms with E-state index in [9.17, 15) is 13.6 Å². The van der Waals surface area contributed by atoms with Gasteiger partial charge in [-0.3, -0.25) is 4.21 Å². The van der Waals surface area contributed by atoms with Crippen LogP contribution in [0.2, 0.25) is 0 Å². The van der Waals surface area contributed by atoms with Crippen LogP contribution in [0.25, 0.3) is 0 Å². The average molecular weight is 172 g/mol. The topological polar surface area (TPSA) is 66.4 Å². The summed E-state index contributed by atoms with van der Waals surface area (Å²) in [6.07, 6.45) is 0.823. The average Bonchev–Trinajstić information content (AvgIpc) is 1.83. The summed E-state index contributed by atoms with van der Waals surface area (Å²) in [5.74, 6) is -0.681. The fraction of sp³-hybridized carbons (Fsp3) is 0.250. The maximum absolute atomic E-state index is 10.1. The number of methoxy groups -OCH3 is 1. The van der Waals surface area contributed by atoms with Crippen LogP contribution in [-0.2, 0) is 20.6 Å². The second kappa shape index (κ2) is 7.43. The van der Waals surface area contributed by atoms with Crippen LogP contribution in [0.15, 0.2) is 11.5 Å². The standard InChI is InChI=1S/C4H6O4S.Na/c1-8-4(5)2-3-9(6)7;/h2-3H,1H3,(H,6,7);/q;+1/p-1/b3-2+;. The Morgan fingerprint density at radius 1 is 1.70 bits per heavy atom. The van der Waals surface area contributed by atoms with Crippen LogP contribution in [0.3, 0.4) is 0 Å². The number of carbonyl (C=O) groups is 1. The first-order valence-corrected chi connectivity index (χ1v) is 3.15. The minimum Gasteiger partial charge on any atom is -0.769 e. The van der Waals surface area contributed by atoms with Crippen LogP contribution in [0.1, 0.15) is 0 Å². The molecule has 6 heteroatoms. The van der Waals surface area contributed by atoms with Crippen molar-refractivity contribution in [1.82, 2.24) is 0 Å². The first kappa shape index (κ1) is 12.9. The summed E-state index contributed by atoms with van der Waals surface area (Å²) in [5.41, 5.74) is 0. The van der Waals surface area contributed by atoms with Crippen LogP contribution >= 0.6 is 0 Å². The number of carbonyl (C=O) groups excluding carboxylic acids is 1. The molecule has 0 aliphatic heterocycles. The molecule has 1 unspecified atom stereocenters. The normalized spacial score (nSPS) is 12.2. The number of ether oxygens (including phenoxy) is 1. The Morgan fingerprint density at radius 2 is 2.20 bits per heavy atom. The molecule has 10 heavy (non-hydrogen) atoms. The van der Waals surface area contributed by atoms with Crippen molar-refractivity contribution in [2.45, 2.75) is 0 Å². The minimum atomic E-state index is -2.32. The molecule has 0 aliphatic rings. The maximum Gasteiger partial charge on any atom is 1.00 e. The largest absolute Gasteiger partial charge is 1.00 e. The van der Waals surface area contributed by atoms with Gasteiger partial charge in [-0.25, -0.2) is 4.79 Å². The van der Waals surface area contributed by atoms with Crippen LogP contribution in [0.5, 0.6) is 0 Å². The molecule has 0 fully saturated rings. The zero-order valence-corrected chi connectivity index (χ0v) is 8.51. The summed E-state index contributed by atoms with van der Waals surface area (Å²) >= 11 is -2.32. The first-order chi connectivity index (χ1) is 4.16. The van der Waals surface area contributed by atoms with Gasteiger partial charge in [-0.2, -0.15) is 0 Å². The molecule has 0 heterocycles. The Hall–Kier alpha value is 0.320. The van der Waals surface area contributed by atoms with Crippen molar-refractivity contribution in [2.24, 2.45) is 0 Å². The van der Waals surface area contributed by atoms with Crippen molar-refractivity contribution in [1.29, 1.82) is 0 Å². The van der Waals surface area contributed by atoms with Gasteiger partial charge in [0.05, 0.1) is 7.11 Å². The van der Waals surface area contributed by atoms with Gasteiger partial charge in [0.1, 0.15) is 0 Å². The molecule has 1 atom stereocenters. The number of rotatable bonds is 2. The van der Waals surface area contributed by atoms with Crippen molar-refractivity contribution in [3.8, 4) is 0 Å².